The second-order valence-electron chi connectivity index (χ2n) is 1.92. The Morgan fingerprint density at radius 1 is 1.71 bits per heavy atom. The van der Waals surface area contributed by atoms with E-state index >= 15 is 0 Å². The van der Waals surface area contributed by atoms with Crippen molar-refractivity contribution in [2.24, 2.45) is 0 Å². The zero-order valence-corrected chi connectivity index (χ0v) is 4.28. The lowest BCUT2D eigenvalue weighted by Gasteiger charge is -2.26. The molecule has 0 spiro atoms. The summed E-state index contributed by atoms with van der Waals surface area (Å²) < 4.78 is 11.4. The summed E-state index contributed by atoms with van der Waals surface area (Å²) in [5.74, 6) is 0. The third-order valence-electron chi connectivity index (χ3n) is 1.38. The van der Waals surface area contributed by atoms with Crippen LogP contribution in [-0.2, 0) is 0 Å². The number of nitrogens with one attached hydrogen (secondary N) is 1. The quantitative estimate of drug-likeness (QED) is 0.542. The fraction of sp³-hybridized carbons (Fsp3) is 1.00. The second kappa shape index (κ2) is 2.26. The van der Waals surface area contributed by atoms with Gasteiger partial charge in [-0.1, -0.05) is 0 Å². The molecule has 0 radical (unpaired) electrons. The summed E-state index contributed by atoms with van der Waals surface area (Å²) in [6.45, 7) is 0.919. The molecule has 0 amide bonds. The van der Waals surface area contributed by atoms with Crippen molar-refractivity contribution in [3.63, 3.8) is 0 Å². The van der Waals surface area contributed by atoms with Gasteiger partial charge in [-0.25, -0.2) is 0 Å². The van der Waals surface area contributed by atoms with E-state index in [9.17, 15) is 4.39 Å². The van der Waals surface area contributed by atoms with E-state index in [2.05, 4.69) is 5.32 Å². The summed E-state index contributed by atoms with van der Waals surface area (Å²) in [5.41, 5.74) is 0. The van der Waals surface area contributed by atoms with Crippen LogP contribution >= 0.6 is 0 Å². The lowest BCUT2D eigenvalue weighted by molar-refractivity contribution is 0.313. The van der Waals surface area contributed by atoms with E-state index in [0.717, 1.165) is 6.54 Å². The van der Waals surface area contributed by atoms with E-state index in [4.69, 9.17) is 0 Å². The Balaban J connectivity index is 1.93. The standard InChI is InChI=1S/C5H10FN/c6-3-1-5-2-4-7-5/h5,7H,1-4H2. The van der Waals surface area contributed by atoms with Gasteiger partial charge in [0.05, 0.1) is 6.67 Å². The molecule has 42 valence electrons. The third-order valence-corrected chi connectivity index (χ3v) is 1.38. The van der Waals surface area contributed by atoms with Gasteiger partial charge in [0, 0.05) is 6.04 Å². The molecule has 0 aromatic heterocycles. The Morgan fingerprint density at radius 3 is 2.57 bits per heavy atom. The largest absolute Gasteiger partial charge is 0.314 e. The fourth-order valence-corrected chi connectivity index (χ4v) is 0.727. The van der Waals surface area contributed by atoms with Crippen LogP contribution in [0.5, 0.6) is 0 Å². The van der Waals surface area contributed by atoms with Crippen molar-refractivity contribution >= 4 is 0 Å². The van der Waals surface area contributed by atoms with Crippen LogP contribution in [0, 0.1) is 0 Å². The zero-order valence-electron chi connectivity index (χ0n) is 4.28. The Labute approximate surface area is 42.9 Å². The van der Waals surface area contributed by atoms with Crippen molar-refractivity contribution in [3.8, 4) is 0 Å². The maximum atomic E-state index is 11.4. The Kier molecular flexibility index (Phi) is 1.63. The topological polar surface area (TPSA) is 12.0 Å². The number of hydrogen-bond donors (Lipinski definition) is 1. The molecule has 1 aliphatic rings. The first kappa shape index (κ1) is 5.04. The van der Waals surface area contributed by atoms with Crippen molar-refractivity contribution in [2.75, 3.05) is 13.2 Å². The first-order valence-electron chi connectivity index (χ1n) is 2.73. The van der Waals surface area contributed by atoms with Gasteiger partial charge in [-0.2, -0.15) is 0 Å². The van der Waals surface area contributed by atoms with E-state index in [0.29, 0.717) is 12.5 Å². The van der Waals surface area contributed by atoms with E-state index in [-0.39, 0.29) is 6.67 Å². The molecule has 1 saturated heterocycles. The smallest absolute Gasteiger partial charge is 0.0909 e. The van der Waals surface area contributed by atoms with Crippen molar-refractivity contribution in [1.29, 1.82) is 0 Å². The molecule has 0 aliphatic carbocycles. The van der Waals surface area contributed by atoms with Crippen LogP contribution < -0.4 is 5.32 Å². The molecule has 1 aliphatic heterocycles. The van der Waals surface area contributed by atoms with Crippen molar-refractivity contribution < 1.29 is 4.39 Å². The molecule has 0 aromatic carbocycles. The molecule has 0 bridgehead atoms. The Morgan fingerprint density at radius 2 is 2.43 bits per heavy atom. The molecule has 0 saturated carbocycles. The summed E-state index contributed by atoms with van der Waals surface area (Å²) in [7, 11) is 0. The predicted octanol–water partition coefficient (Wildman–Crippen LogP) is 0.708. The molecule has 1 nitrogen and oxygen atoms in total. The Hall–Kier alpha value is -0.110. The number of halogens is 1. The van der Waals surface area contributed by atoms with E-state index in [1.807, 2.05) is 0 Å². The molecular weight excluding hydrogens is 93.1 g/mol. The molecule has 1 rings (SSSR count). The summed E-state index contributed by atoms with van der Waals surface area (Å²) >= 11 is 0. The van der Waals surface area contributed by atoms with Gasteiger partial charge in [-0.3, -0.25) is 4.39 Å². The summed E-state index contributed by atoms with van der Waals surface area (Å²) in [5, 5.41) is 3.11. The van der Waals surface area contributed by atoms with Crippen LogP contribution in [-0.4, -0.2) is 19.3 Å². The second-order valence-corrected chi connectivity index (χ2v) is 1.92. The molecule has 1 atom stereocenters. The lowest BCUT2D eigenvalue weighted by atomic mass is 10.1. The molecule has 0 aromatic rings. The lowest BCUT2D eigenvalue weighted by Crippen LogP contribution is -2.42. The number of alkyl halides is 1. The first-order chi connectivity index (χ1) is 3.43. The van der Waals surface area contributed by atoms with Crippen LogP contribution in [0.15, 0.2) is 0 Å². The van der Waals surface area contributed by atoms with Crippen LogP contribution in [0.25, 0.3) is 0 Å². The minimum absolute atomic E-state index is 0.169. The van der Waals surface area contributed by atoms with Gasteiger partial charge >= 0.3 is 0 Å². The van der Waals surface area contributed by atoms with Gasteiger partial charge in [0.1, 0.15) is 0 Å². The van der Waals surface area contributed by atoms with Gasteiger partial charge in [-0.15, -0.1) is 0 Å². The van der Waals surface area contributed by atoms with Crippen molar-refractivity contribution in [2.45, 2.75) is 18.9 Å². The van der Waals surface area contributed by atoms with Gasteiger partial charge in [0.25, 0.3) is 0 Å². The zero-order chi connectivity index (χ0) is 5.11. The molecule has 1 fully saturated rings. The van der Waals surface area contributed by atoms with Gasteiger partial charge in [0.15, 0.2) is 0 Å². The summed E-state index contributed by atoms with van der Waals surface area (Å²) in [4.78, 5) is 0. The minimum Gasteiger partial charge on any atom is -0.314 e. The highest BCUT2D eigenvalue weighted by Crippen LogP contribution is 2.05. The number of rotatable bonds is 2. The van der Waals surface area contributed by atoms with Gasteiger partial charge in [-0.05, 0) is 19.4 Å². The van der Waals surface area contributed by atoms with Crippen LogP contribution in [0.3, 0.4) is 0 Å². The van der Waals surface area contributed by atoms with E-state index < -0.39 is 0 Å². The molecular formula is C5H10FN. The highest BCUT2D eigenvalue weighted by molar-refractivity contribution is 4.76. The highest BCUT2D eigenvalue weighted by atomic mass is 19.1. The monoisotopic (exact) mass is 103 g/mol. The average molecular weight is 103 g/mol. The van der Waals surface area contributed by atoms with Gasteiger partial charge < -0.3 is 5.32 Å². The van der Waals surface area contributed by atoms with Crippen molar-refractivity contribution in [3.05, 3.63) is 0 Å². The fourth-order valence-electron chi connectivity index (χ4n) is 0.727. The SMILES string of the molecule is FCCC1CCN1. The third kappa shape index (κ3) is 1.13. The average Bonchev–Trinajstić information content (AvgIpc) is 1.55. The predicted molar refractivity (Wildman–Crippen MR) is 27.0 cm³/mol. The minimum atomic E-state index is -0.169. The molecule has 7 heavy (non-hydrogen) atoms. The molecule has 1 N–H and O–H groups in total. The van der Waals surface area contributed by atoms with E-state index in [1.165, 1.54) is 6.42 Å². The van der Waals surface area contributed by atoms with Crippen LogP contribution in [0.4, 0.5) is 4.39 Å². The van der Waals surface area contributed by atoms with Gasteiger partial charge in [0.2, 0.25) is 0 Å². The molecule has 1 unspecified atom stereocenters. The maximum Gasteiger partial charge on any atom is 0.0909 e. The normalized spacial score (nSPS) is 29.6. The Bertz CT molecular complexity index is 52.0. The van der Waals surface area contributed by atoms with E-state index in [1.54, 1.807) is 0 Å². The first-order valence-corrected chi connectivity index (χ1v) is 2.73. The highest BCUT2D eigenvalue weighted by Gasteiger charge is 2.14. The maximum absolute atomic E-state index is 11.4. The number of hydrogen-bond acceptors (Lipinski definition) is 1. The molecule has 1 heterocycles. The van der Waals surface area contributed by atoms with Crippen LogP contribution in [0.1, 0.15) is 12.8 Å². The van der Waals surface area contributed by atoms with Crippen molar-refractivity contribution in [1.82, 2.24) is 5.32 Å². The summed E-state index contributed by atoms with van der Waals surface area (Å²) in [6.07, 6.45) is 1.88. The molecule has 2 heteroatoms. The van der Waals surface area contributed by atoms with Crippen LogP contribution in [0.2, 0.25) is 0 Å². The summed E-state index contributed by atoms with van der Waals surface area (Å²) in [6, 6.07) is 0.505.